The van der Waals surface area contributed by atoms with E-state index >= 15 is 0 Å². The lowest BCUT2D eigenvalue weighted by molar-refractivity contribution is 0.456. The molecule has 132 valence electrons. The van der Waals surface area contributed by atoms with Crippen LogP contribution < -0.4 is 5.32 Å². The average molecular weight is 385 g/mol. The molecule has 3 heterocycles. The Labute approximate surface area is 161 Å². The van der Waals surface area contributed by atoms with Crippen LogP contribution in [0.2, 0.25) is 0 Å². The molecule has 0 fully saturated rings. The second-order valence-corrected chi connectivity index (χ2v) is 6.75. The number of aromatic nitrogens is 2. The van der Waals surface area contributed by atoms with Crippen LogP contribution in [-0.2, 0) is 0 Å². The van der Waals surface area contributed by atoms with Crippen molar-refractivity contribution in [1.29, 1.82) is 0 Å². The molecule has 0 aliphatic carbocycles. The largest absolute Gasteiger partial charge is 0.492 e. The van der Waals surface area contributed by atoms with E-state index in [2.05, 4.69) is 39.3 Å². The van der Waals surface area contributed by atoms with Crippen molar-refractivity contribution in [2.24, 2.45) is 4.99 Å². The van der Waals surface area contributed by atoms with E-state index in [1.807, 2.05) is 36.4 Å². The summed E-state index contributed by atoms with van der Waals surface area (Å²) in [4.78, 5) is 13.4. The maximum atomic E-state index is 10.2. The minimum Gasteiger partial charge on any atom is -0.492 e. The third-order valence-corrected chi connectivity index (χ3v) is 4.91. The van der Waals surface area contributed by atoms with E-state index < -0.39 is 0 Å². The molecule has 4 rings (SSSR count). The summed E-state index contributed by atoms with van der Waals surface area (Å²) >= 11 is 1.41. The van der Waals surface area contributed by atoms with E-state index in [-0.39, 0.29) is 24.3 Å². The standard InChI is InChI=1S/C19H16N4OS.ClH/c1-12(13-6-3-2-4-7-13)22-19-23-18(24)16(25-19)10-14-11-21-17-15(14)8-5-9-20-17;/h2-12,24H,1H3,(H,22,23);1H/t12-;/m0./s1. The fraction of sp³-hybridized carbons (Fsp3) is 0.105. The number of benzene rings is 1. The minimum atomic E-state index is 0. The Bertz CT molecular complexity index is 969. The fourth-order valence-electron chi connectivity index (χ4n) is 2.67. The van der Waals surface area contributed by atoms with E-state index in [4.69, 9.17) is 0 Å². The Morgan fingerprint density at radius 1 is 1.15 bits per heavy atom. The van der Waals surface area contributed by atoms with Gasteiger partial charge in [0.25, 0.3) is 0 Å². The van der Waals surface area contributed by atoms with Crippen LogP contribution in [0.4, 0.5) is 10.9 Å². The van der Waals surface area contributed by atoms with Gasteiger partial charge in [0.2, 0.25) is 5.88 Å². The lowest BCUT2D eigenvalue weighted by Gasteiger charge is -2.12. The molecule has 1 aromatic carbocycles. The number of allylic oxidation sites excluding steroid dienone is 1. The third-order valence-electron chi connectivity index (χ3n) is 3.98. The highest BCUT2D eigenvalue weighted by atomic mass is 35.5. The summed E-state index contributed by atoms with van der Waals surface area (Å²) in [6.07, 6.45) is 5.37. The van der Waals surface area contributed by atoms with Gasteiger partial charge < -0.3 is 10.4 Å². The first-order valence-corrected chi connectivity index (χ1v) is 8.75. The van der Waals surface area contributed by atoms with Gasteiger partial charge in [-0.15, -0.1) is 12.4 Å². The number of hydrogen-bond donors (Lipinski definition) is 2. The van der Waals surface area contributed by atoms with Crippen molar-refractivity contribution in [3.8, 4) is 5.88 Å². The minimum absolute atomic E-state index is 0. The second kappa shape index (κ2) is 7.68. The van der Waals surface area contributed by atoms with Crippen molar-refractivity contribution in [1.82, 2.24) is 9.97 Å². The van der Waals surface area contributed by atoms with Gasteiger partial charge in [0, 0.05) is 23.5 Å². The summed E-state index contributed by atoms with van der Waals surface area (Å²) in [6, 6.07) is 14.1. The molecular weight excluding hydrogens is 368 g/mol. The molecule has 0 amide bonds. The first kappa shape index (κ1) is 18.1. The van der Waals surface area contributed by atoms with Crippen LogP contribution in [0.15, 0.2) is 53.7 Å². The Morgan fingerprint density at radius 3 is 2.77 bits per heavy atom. The van der Waals surface area contributed by atoms with E-state index in [1.165, 1.54) is 16.9 Å². The maximum Gasteiger partial charge on any atom is 0.231 e. The van der Waals surface area contributed by atoms with Crippen LogP contribution in [-0.4, -0.2) is 21.3 Å². The highest BCUT2D eigenvalue weighted by Gasteiger charge is 2.16. The van der Waals surface area contributed by atoms with Crippen molar-refractivity contribution in [3.05, 3.63) is 64.7 Å². The average Bonchev–Trinajstić information content (AvgIpc) is 3.20. The van der Waals surface area contributed by atoms with Crippen molar-refractivity contribution < 1.29 is 5.11 Å². The molecule has 0 spiro atoms. The summed E-state index contributed by atoms with van der Waals surface area (Å²) in [6.45, 7) is 2.07. The molecular formula is C19H17ClN4OS. The van der Waals surface area contributed by atoms with Crippen LogP contribution >= 0.6 is 23.7 Å². The van der Waals surface area contributed by atoms with Crippen LogP contribution in [0.25, 0.3) is 11.6 Å². The Hall–Kier alpha value is -2.70. The predicted octanol–water partition coefficient (Wildman–Crippen LogP) is 5.10. The lowest BCUT2D eigenvalue weighted by Crippen LogP contribution is -2.05. The van der Waals surface area contributed by atoms with E-state index in [0.717, 1.165) is 11.1 Å². The number of halogens is 1. The molecule has 1 atom stereocenters. The number of nitrogens with one attached hydrogen (secondary N) is 1. The third kappa shape index (κ3) is 3.61. The Kier molecular flexibility index (Phi) is 5.35. The van der Waals surface area contributed by atoms with Crippen molar-refractivity contribution in [3.63, 3.8) is 0 Å². The highest BCUT2D eigenvalue weighted by Crippen LogP contribution is 2.36. The number of rotatable bonds is 4. The van der Waals surface area contributed by atoms with Crippen molar-refractivity contribution in [2.45, 2.75) is 13.0 Å². The lowest BCUT2D eigenvalue weighted by atomic mass is 10.1. The number of hydrogen-bond acceptors (Lipinski definition) is 6. The summed E-state index contributed by atoms with van der Waals surface area (Å²) in [5.41, 5.74) is 3.05. The molecule has 7 heteroatoms. The quantitative estimate of drug-likeness (QED) is 0.656. The number of fused-ring (bicyclic) bond motifs is 1. The first-order valence-electron chi connectivity index (χ1n) is 7.93. The molecule has 2 aromatic heterocycles. The zero-order chi connectivity index (χ0) is 17.2. The Balaban J connectivity index is 0.00000196. The molecule has 2 N–H and O–H groups in total. The number of aromatic hydroxyl groups is 1. The van der Waals surface area contributed by atoms with Gasteiger partial charge in [0.15, 0.2) is 10.9 Å². The summed E-state index contributed by atoms with van der Waals surface area (Å²) in [5.74, 6) is 0.722. The molecule has 1 aliphatic rings. The van der Waals surface area contributed by atoms with E-state index in [0.29, 0.717) is 15.8 Å². The SMILES string of the molecule is C[C@H](Nc1nc(O)c(C=C2C=Nc3ncccc32)s1)c1ccccc1.Cl. The maximum absolute atomic E-state index is 10.2. The molecule has 5 nitrogen and oxygen atoms in total. The molecule has 1 aliphatic heterocycles. The van der Waals surface area contributed by atoms with Gasteiger partial charge in [-0.1, -0.05) is 41.7 Å². The molecule has 26 heavy (non-hydrogen) atoms. The normalized spacial score (nSPS) is 14.7. The zero-order valence-corrected chi connectivity index (χ0v) is 15.6. The predicted molar refractivity (Wildman–Crippen MR) is 110 cm³/mol. The van der Waals surface area contributed by atoms with Gasteiger partial charge in [0.05, 0.1) is 10.9 Å². The van der Waals surface area contributed by atoms with Crippen LogP contribution in [0.3, 0.4) is 0 Å². The first-order chi connectivity index (χ1) is 12.2. The second-order valence-electron chi connectivity index (χ2n) is 5.72. The highest BCUT2D eigenvalue weighted by molar-refractivity contribution is 7.16. The molecule has 0 radical (unpaired) electrons. The number of nitrogens with zero attached hydrogens (tertiary/aromatic N) is 3. The van der Waals surface area contributed by atoms with Gasteiger partial charge in [-0.05, 0) is 30.7 Å². The Morgan fingerprint density at radius 2 is 1.96 bits per heavy atom. The fourth-order valence-corrected chi connectivity index (χ4v) is 3.57. The van der Waals surface area contributed by atoms with E-state index in [9.17, 15) is 5.11 Å². The van der Waals surface area contributed by atoms with Gasteiger partial charge in [-0.3, -0.25) is 0 Å². The number of pyridine rings is 1. The molecule has 0 unspecified atom stereocenters. The van der Waals surface area contributed by atoms with Crippen molar-refractivity contribution >= 4 is 52.6 Å². The van der Waals surface area contributed by atoms with Gasteiger partial charge >= 0.3 is 0 Å². The number of aliphatic imine (C=N–C) groups is 1. The number of anilines is 1. The van der Waals surface area contributed by atoms with Gasteiger partial charge in [0.1, 0.15) is 0 Å². The van der Waals surface area contributed by atoms with Crippen molar-refractivity contribution in [2.75, 3.05) is 5.32 Å². The topological polar surface area (TPSA) is 70.4 Å². The molecule has 0 saturated carbocycles. The molecule has 0 bridgehead atoms. The number of thiazole rings is 1. The zero-order valence-electron chi connectivity index (χ0n) is 14.0. The monoisotopic (exact) mass is 384 g/mol. The smallest absolute Gasteiger partial charge is 0.231 e. The molecule has 3 aromatic rings. The van der Waals surface area contributed by atoms with Crippen LogP contribution in [0.5, 0.6) is 5.88 Å². The van der Waals surface area contributed by atoms with Gasteiger partial charge in [-0.25, -0.2) is 9.98 Å². The van der Waals surface area contributed by atoms with E-state index in [1.54, 1.807) is 12.4 Å². The molecule has 0 saturated heterocycles. The summed E-state index contributed by atoms with van der Waals surface area (Å²) in [5, 5.41) is 14.2. The van der Waals surface area contributed by atoms with Crippen LogP contribution in [0.1, 0.15) is 29.0 Å². The summed E-state index contributed by atoms with van der Waals surface area (Å²) in [7, 11) is 0. The van der Waals surface area contributed by atoms with Gasteiger partial charge in [-0.2, -0.15) is 4.98 Å². The summed E-state index contributed by atoms with van der Waals surface area (Å²) < 4.78 is 0. The van der Waals surface area contributed by atoms with Crippen LogP contribution in [0, 0.1) is 0 Å².